The van der Waals surface area contributed by atoms with Gasteiger partial charge in [-0.05, 0) is 35.7 Å². The second-order valence-electron chi connectivity index (χ2n) is 6.49. The Balaban J connectivity index is 1.40. The summed E-state index contributed by atoms with van der Waals surface area (Å²) >= 11 is 0. The molecule has 27 heavy (non-hydrogen) atoms. The second kappa shape index (κ2) is 7.53. The Morgan fingerprint density at radius 1 is 1.00 bits per heavy atom. The fourth-order valence-corrected chi connectivity index (χ4v) is 3.20. The van der Waals surface area contributed by atoms with Crippen LogP contribution in [0, 0.1) is 5.82 Å². The van der Waals surface area contributed by atoms with Crippen LogP contribution in [-0.4, -0.2) is 27.5 Å². The first-order chi connectivity index (χ1) is 13.2. The maximum atomic E-state index is 13.6. The number of nitrogens with zero attached hydrogens (tertiary/aromatic N) is 3. The third-order valence-electron chi connectivity index (χ3n) is 4.72. The van der Waals surface area contributed by atoms with Gasteiger partial charge in [-0.3, -0.25) is 4.79 Å². The summed E-state index contributed by atoms with van der Waals surface area (Å²) in [6.45, 7) is 1.56. The number of hydrogen-bond donors (Lipinski definition) is 1. The number of nitrogens with one attached hydrogen (secondary N) is 1. The average Bonchev–Trinajstić information content (AvgIpc) is 2.73. The molecule has 6 heteroatoms. The van der Waals surface area contributed by atoms with E-state index in [4.69, 9.17) is 0 Å². The van der Waals surface area contributed by atoms with Crippen LogP contribution in [0.4, 0.5) is 10.2 Å². The van der Waals surface area contributed by atoms with Crippen LogP contribution < -0.4 is 5.32 Å². The van der Waals surface area contributed by atoms with Crippen molar-refractivity contribution in [1.29, 1.82) is 0 Å². The van der Waals surface area contributed by atoms with Crippen LogP contribution in [0.2, 0.25) is 0 Å². The Kier molecular flexibility index (Phi) is 4.78. The smallest absolute Gasteiger partial charge is 0.274 e. The molecular formula is C21H19FN4O. The van der Waals surface area contributed by atoms with Gasteiger partial charge >= 0.3 is 0 Å². The lowest BCUT2D eigenvalue weighted by Crippen LogP contribution is -2.36. The molecule has 136 valence electrons. The van der Waals surface area contributed by atoms with Gasteiger partial charge in [0.15, 0.2) is 5.69 Å². The molecule has 0 bridgehead atoms. The second-order valence-corrected chi connectivity index (χ2v) is 6.49. The first-order valence-corrected chi connectivity index (χ1v) is 8.88. The highest BCUT2D eigenvalue weighted by molar-refractivity contribution is 5.92. The highest BCUT2D eigenvalue weighted by Gasteiger charge is 2.22. The van der Waals surface area contributed by atoms with Gasteiger partial charge in [-0.1, -0.05) is 42.5 Å². The van der Waals surface area contributed by atoms with Crippen molar-refractivity contribution in [2.75, 3.05) is 11.9 Å². The van der Waals surface area contributed by atoms with Gasteiger partial charge < -0.3 is 10.2 Å². The summed E-state index contributed by atoms with van der Waals surface area (Å²) in [7, 11) is 0. The van der Waals surface area contributed by atoms with Crippen molar-refractivity contribution in [3.8, 4) is 0 Å². The van der Waals surface area contributed by atoms with Crippen LogP contribution in [0.3, 0.4) is 0 Å². The maximum Gasteiger partial charge on any atom is 0.274 e. The summed E-state index contributed by atoms with van der Waals surface area (Å²) in [5.74, 6) is 0.103. The van der Waals surface area contributed by atoms with Gasteiger partial charge in [0.25, 0.3) is 5.91 Å². The van der Waals surface area contributed by atoms with E-state index in [0.717, 1.165) is 6.42 Å². The summed E-state index contributed by atoms with van der Waals surface area (Å²) in [5, 5.41) is 11.1. The number of carbonyl (C=O) groups is 1. The molecule has 0 fully saturated rings. The lowest BCUT2D eigenvalue weighted by molar-refractivity contribution is 0.0727. The lowest BCUT2D eigenvalue weighted by atomic mass is 10.00. The van der Waals surface area contributed by atoms with Crippen molar-refractivity contribution >= 4 is 11.7 Å². The minimum atomic E-state index is -0.268. The molecule has 4 rings (SSSR count). The van der Waals surface area contributed by atoms with E-state index in [9.17, 15) is 9.18 Å². The Hall–Kier alpha value is -3.28. The van der Waals surface area contributed by atoms with E-state index in [1.54, 1.807) is 35.2 Å². The minimum absolute atomic E-state index is 0.127. The van der Waals surface area contributed by atoms with E-state index in [0.29, 0.717) is 36.7 Å². The number of hydrogen-bond acceptors (Lipinski definition) is 4. The van der Waals surface area contributed by atoms with Crippen LogP contribution in [-0.2, 0) is 19.5 Å². The molecule has 0 saturated heterocycles. The number of anilines is 1. The fourth-order valence-electron chi connectivity index (χ4n) is 3.20. The number of halogens is 1. The van der Waals surface area contributed by atoms with E-state index < -0.39 is 0 Å². The number of amides is 1. The minimum Gasteiger partial charge on any atom is -0.364 e. The van der Waals surface area contributed by atoms with Crippen molar-refractivity contribution < 1.29 is 9.18 Å². The van der Waals surface area contributed by atoms with E-state index in [2.05, 4.69) is 27.6 Å². The number of rotatable bonds is 4. The van der Waals surface area contributed by atoms with Crippen LogP contribution in [0.1, 0.15) is 27.2 Å². The molecule has 1 N–H and O–H groups in total. The van der Waals surface area contributed by atoms with Crippen LogP contribution >= 0.6 is 0 Å². The van der Waals surface area contributed by atoms with Gasteiger partial charge in [-0.15, -0.1) is 10.2 Å². The van der Waals surface area contributed by atoms with E-state index in [1.165, 1.54) is 17.2 Å². The quantitative estimate of drug-likeness (QED) is 0.773. The molecule has 0 atom stereocenters. The van der Waals surface area contributed by atoms with Gasteiger partial charge in [0.2, 0.25) is 0 Å². The molecule has 1 aliphatic heterocycles. The number of carbonyl (C=O) groups excluding carboxylic acids is 1. The molecule has 1 aliphatic rings. The Bertz CT molecular complexity index is 958. The fraction of sp³-hybridized carbons (Fsp3) is 0.190. The summed E-state index contributed by atoms with van der Waals surface area (Å²) in [4.78, 5) is 14.5. The number of fused-ring (bicyclic) bond motifs is 1. The average molecular weight is 362 g/mol. The molecular weight excluding hydrogens is 343 g/mol. The Morgan fingerprint density at radius 2 is 1.78 bits per heavy atom. The van der Waals surface area contributed by atoms with Crippen molar-refractivity contribution in [2.24, 2.45) is 0 Å². The molecule has 5 nitrogen and oxygen atoms in total. The molecule has 0 radical (unpaired) electrons. The van der Waals surface area contributed by atoms with Crippen molar-refractivity contribution in [3.05, 3.63) is 88.9 Å². The normalized spacial score (nSPS) is 13.1. The van der Waals surface area contributed by atoms with Crippen molar-refractivity contribution in [3.63, 3.8) is 0 Å². The molecule has 0 spiro atoms. The largest absolute Gasteiger partial charge is 0.364 e. The third-order valence-corrected chi connectivity index (χ3v) is 4.72. The highest BCUT2D eigenvalue weighted by Crippen LogP contribution is 2.20. The molecule has 1 amide bonds. The zero-order valence-electron chi connectivity index (χ0n) is 14.7. The van der Waals surface area contributed by atoms with Gasteiger partial charge in [0.05, 0.1) is 0 Å². The van der Waals surface area contributed by atoms with E-state index in [1.807, 2.05) is 12.1 Å². The summed E-state index contributed by atoms with van der Waals surface area (Å²) in [6.07, 6.45) is 0.845. The van der Waals surface area contributed by atoms with E-state index in [-0.39, 0.29) is 11.7 Å². The molecule has 0 unspecified atom stereocenters. The zero-order valence-corrected chi connectivity index (χ0v) is 14.7. The summed E-state index contributed by atoms with van der Waals surface area (Å²) < 4.78 is 13.6. The maximum absolute atomic E-state index is 13.6. The first kappa shape index (κ1) is 17.1. The van der Waals surface area contributed by atoms with Gasteiger partial charge in [-0.2, -0.15) is 0 Å². The number of benzene rings is 2. The van der Waals surface area contributed by atoms with Gasteiger partial charge in [0.1, 0.15) is 11.6 Å². The molecule has 2 aromatic carbocycles. The van der Waals surface area contributed by atoms with Crippen molar-refractivity contribution in [2.45, 2.75) is 19.5 Å². The molecule has 3 aromatic rings. The van der Waals surface area contributed by atoms with E-state index >= 15 is 0 Å². The van der Waals surface area contributed by atoms with Gasteiger partial charge in [-0.25, -0.2) is 4.39 Å². The highest BCUT2D eigenvalue weighted by atomic mass is 19.1. The third kappa shape index (κ3) is 3.79. The Labute approximate surface area is 156 Å². The number of aromatic nitrogens is 2. The lowest BCUT2D eigenvalue weighted by Gasteiger charge is -2.28. The summed E-state index contributed by atoms with van der Waals surface area (Å²) in [5.41, 5.74) is 3.32. The predicted octanol–water partition coefficient (Wildman–Crippen LogP) is 3.43. The summed E-state index contributed by atoms with van der Waals surface area (Å²) in [6, 6.07) is 18.1. The molecule has 2 heterocycles. The Morgan fingerprint density at radius 3 is 2.56 bits per heavy atom. The standard InChI is InChI=1S/C21H19FN4O/c22-18-8-4-3-6-16(18)13-23-20-10-9-19(24-25-20)21(27)26-12-11-15-5-1-2-7-17(15)14-26/h1-10H,11-14H2,(H,23,25). The topological polar surface area (TPSA) is 58.1 Å². The SMILES string of the molecule is O=C(c1ccc(NCc2ccccc2F)nn1)N1CCc2ccccc2C1. The van der Waals surface area contributed by atoms with Crippen LogP contribution in [0.25, 0.3) is 0 Å². The molecule has 1 aromatic heterocycles. The molecule has 0 saturated carbocycles. The first-order valence-electron chi connectivity index (χ1n) is 8.88. The van der Waals surface area contributed by atoms with Crippen molar-refractivity contribution in [1.82, 2.24) is 15.1 Å². The van der Waals surface area contributed by atoms with Gasteiger partial charge in [0, 0.05) is 25.2 Å². The zero-order chi connectivity index (χ0) is 18.6. The monoisotopic (exact) mass is 362 g/mol. The predicted molar refractivity (Wildman–Crippen MR) is 101 cm³/mol. The molecule has 0 aliphatic carbocycles. The van der Waals surface area contributed by atoms with Crippen LogP contribution in [0.15, 0.2) is 60.7 Å². The van der Waals surface area contributed by atoms with Crippen LogP contribution in [0.5, 0.6) is 0 Å².